The third-order valence-electron chi connectivity index (χ3n) is 4.09. The molecule has 1 N–H and O–H groups in total. The Kier molecular flexibility index (Phi) is 7.01. The van der Waals surface area contributed by atoms with Gasteiger partial charge in [-0.3, -0.25) is 10.1 Å². The lowest BCUT2D eigenvalue weighted by molar-refractivity contribution is -0.148. The monoisotopic (exact) mass is 272 g/mol. The van der Waals surface area contributed by atoms with E-state index in [0.717, 1.165) is 19.4 Å². The molecule has 0 rings (SSSR count). The number of hydrogen-bond donors (Lipinski definition) is 1. The Hall–Kier alpha value is -0.610. The van der Waals surface area contributed by atoms with Gasteiger partial charge in [-0.25, -0.2) is 0 Å². The summed E-state index contributed by atoms with van der Waals surface area (Å²) in [4.78, 5) is 14.3. The molecule has 4 heteroatoms. The van der Waals surface area contributed by atoms with Gasteiger partial charge in [-0.15, -0.1) is 0 Å². The van der Waals surface area contributed by atoms with Crippen molar-refractivity contribution >= 4 is 5.97 Å². The van der Waals surface area contributed by atoms with Crippen molar-refractivity contribution in [1.82, 2.24) is 10.2 Å². The van der Waals surface area contributed by atoms with Crippen molar-refractivity contribution in [2.45, 2.75) is 71.5 Å². The number of hydrogen-bond acceptors (Lipinski definition) is 4. The van der Waals surface area contributed by atoms with Gasteiger partial charge in [0.1, 0.15) is 5.54 Å². The number of ether oxygens (including phenoxy) is 1. The predicted molar refractivity (Wildman–Crippen MR) is 80.3 cm³/mol. The molecular weight excluding hydrogens is 240 g/mol. The van der Waals surface area contributed by atoms with Crippen molar-refractivity contribution in [2.75, 3.05) is 20.7 Å². The molecule has 0 aliphatic heterocycles. The number of carbonyl (C=O) groups is 1. The van der Waals surface area contributed by atoms with Crippen LogP contribution in [-0.2, 0) is 9.53 Å². The van der Waals surface area contributed by atoms with Gasteiger partial charge in [-0.1, -0.05) is 6.92 Å². The van der Waals surface area contributed by atoms with E-state index in [9.17, 15) is 4.79 Å². The normalized spacial score (nSPS) is 15.7. The van der Waals surface area contributed by atoms with Gasteiger partial charge in [0.2, 0.25) is 0 Å². The third-order valence-corrected chi connectivity index (χ3v) is 4.09. The Bertz CT molecular complexity index is 290. The lowest BCUT2D eigenvalue weighted by atomic mass is 9.94. The smallest absolute Gasteiger partial charge is 0.325 e. The fraction of sp³-hybridized carbons (Fsp3) is 0.933. The summed E-state index contributed by atoms with van der Waals surface area (Å²) < 4.78 is 4.94. The fourth-order valence-electron chi connectivity index (χ4n) is 2.06. The van der Waals surface area contributed by atoms with E-state index in [1.54, 1.807) is 0 Å². The van der Waals surface area contributed by atoms with Gasteiger partial charge < -0.3 is 9.64 Å². The van der Waals surface area contributed by atoms with Crippen molar-refractivity contribution in [3.63, 3.8) is 0 Å². The second kappa shape index (κ2) is 7.25. The van der Waals surface area contributed by atoms with E-state index in [1.807, 2.05) is 20.8 Å². The average Bonchev–Trinajstić information content (AvgIpc) is 2.33. The number of esters is 1. The summed E-state index contributed by atoms with van der Waals surface area (Å²) in [7, 11) is 3.55. The molecule has 0 aliphatic rings. The van der Waals surface area contributed by atoms with Crippen LogP contribution in [0.5, 0.6) is 0 Å². The van der Waals surface area contributed by atoms with Crippen LogP contribution in [0.1, 0.15) is 54.4 Å². The van der Waals surface area contributed by atoms with Gasteiger partial charge in [0.15, 0.2) is 0 Å². The number of carbonyl (C=O) groups excluding carboxylic acids is 1. The van der Waals surface area contributed by atoms with Crippen molar-refractivity contribution in [3.05, 3.63) is 0 Å². The predicted octanol–water partition coefficient (Wildman–Crippen LogP) is 2.43. The van der Waals surface area contributed by atoms with Crippen molar-refractivity contribution in [3.8, 4) is 0 Å². The van der Waals surface area contributed by atoms with Gasteiger partial charge >= 0.3 is 5.97 Å². The van der Waals surface area contributed by atoms with E-state index >= 15 is 0 Å². The number of methoxy groups -OCH3 is 1. The van der Waals surface area contributed by atoms with E-state index in [4.69, 9.17) is 4.74 Å². The maximum atomic E-state index is 12.0. The standard InChI is InChI=1S/C15H32N2O2/c1-9-14(4,5)17(7)11-10-15(6,13(18)19-8)16-12(2)3/h12,16H,9-11H2,1-8H3. The van der Waals surface area contributed by atoms with Crippen LogP contribution in [-0.4, -0.2) is 48.7 Å². The molecule has 0 saturated heterocycles. The first-order valence-electron chi connectivity index (χ1n) is 7.16. The molecule has 0 amide bonds. The second-order valence-corrected chi connectivity index (χ2v) is 6.46. The molecule has 0 saturated carbocycles. The fourth-order valence-corrected chi connectivity index (χ4v) is 2.06. The van der Waals surface area contributed by atoms with Crippen molar-refractivity contribution < 1.29 is 9.53 Å². The Morgan fingerprint density at radius 1 is 1.32 bits per heavy atom. The van der Waals surface area contributed by atoms with Crippen molar-refractivity contribution in [1.29, 1.82) is 0 Å². The number of rotatable bonds is 8. The first-order chi connectivity index (χ1) is 8.59. The summed E-state index contributed by atoms with van der Waals surface area (Å²) in [6, 6.07) is 0.244. The summed E-state index contributed by atoms with van der Waals surface area (Å²) in [5.41, 5.74) is -0.476. The van der Waals surface area contributed by atoms with Crippen LogP contribution < -0.4 is 5.32 Å². The van der Waals surface area contributed by atoms with Crippen LogP contribution >= 0.6 is 0 Å². The summed E-state index contributed by atoms with van der Waals surface area (Å²) in [5, 5.41) is 3.33. The lowest BCUT2D eigenvalue weighted by Crippen LogP contribution is -2.55. The van der Waals surface area contributed by atoms with E-state index in [-0.39, 0.29) is 17.6 Å². The highest BCUT2D eigenvalue weighted by Crippen LogP contribution is 2.20. The molecule has 0 aromatic rings. The van der Waals surface area contributed by atoms with Crippen LogP contribution in [0, 0.1) is 0 Å². The topological polar surface area (TPSA) is 41.6 Å². The average molecular weight is 272 g/mol. The molecule has 0 bridgehead atoms. The summed E-state index contributed by atoms with van der Waals surface area (Å²) >= 11 is 0. The third kappa shape index (κ3) is 5.49. The molecule has 114 valence electrons. The van der Waals surface area contributed by atoms with Crippen LogP contribution in [0.4, 0.5) is 0 Å². The molecule has 0 heterocycles. The zero-order chi connectivity index (χ0) is 15.3. The van der Waals surface area contributed by atoms with E-state index in [0.29, 0.717) is 0 Å². The number of nitrogens with one attached hydrogen (secondary N) is 1. The zero-order valence-corrected chi connectivity index (χ0v) is 14.0. The van der Waals surface area contributed by atoms with E-state index < -0.39 is 5.54 Å². The van der Waals surface area contributed by atoms with Crippen LogP contribution in [0.3, 0.4) is 0 Å². The molecular formula is C15H32N2O2. The molecule has 0 aromatic carbocycles. The van der Waals surface area contributed by atoms with Crippen LogP contribution in [0.25, 0.3) is 0 Å². The van der Waals surface area contributed by atoms with Gasteiger partial charge in [-0.05, 0) is 54.5 Å². The van der Waals surface area contributed by atoms with Gasteiger partial charge in [0.25, 0.3) is 0 Å². The van der Waals surface area contributed by atoms with E-state index in [1.165, 1.54) is 7.11 Å². The summed E-state index contributed by atoms with van der Waals surface area (Å²) in [6.07, 6.45) is 1.81. The first kappa shape index (κ1) is 18.4. The minimum absolute atomic E-state index is 0.148. The molecule has 0 aliphatic carbocycles. The molecule has 0 fully saturated rings. The largest absolute Gasteiger partial charge is 0.468 e. The Morgan fingerprint density at radius 2 is 1.84 bits per heavy atom. The molecule has 19 heavy (non-hydrogen) atoms. The Balaban J connectivity index is 4.72. The number of nitrogens with zero attached hydrogens (tertiary/aromatic N) is 1. The SMILES string of the molecule is CCC(C)(C)N(C)CCC(C)(NC(C)C)C(=O)OC. The highest BCUT2D eigenvalue weighted by Gasteiger charge is 2.35. The Labute approximate surface area is 118 Å². The van der Waals surface area contributed by atoms with E-state index in [2.05, 4.69) is 38.0 Å². The lowest BCUT2D eigenvalue weighted by Gasteiger charge is -2.38. The maximum absolute atomic E-state index is 12.0. The molecule has 4 nitrogen and oxygen atoms in total. The molecule has 0 radical (unpaired) electrons. The minimum Gasteiger partial charge on any atom is -0.468 e. The quantitative estimate of drug-likeness (QED) is 0.689. The maximum Gasteiger partial charge on any atom is 0.325 e. The van der Waals surface area contributed by atoms with Gasteiger partial charge in [0.05, 0.1) is 7.11 Å². The first-order valence-corrected chi connectivity index (χ1v) is 7.16. The summed E-state index contributed by atoms with van der Waals surface area (Å²) in [6.45, 7) is 13.5. The highest BCUT2D eigenvalue weighted by molar-refractivity contribution is 5.80. The molecule has 1 unspecified atom stereocenters. The second-order valence-electron chi connectivity index (χ2n) is 6.46. The highest BCUT2D eigenvalue weighted by atomic mass is 16.5. The Morgan fingerprint density at radius 3 is 2.21 bits per heavy atom. The minimum atomic E-state index is -0.624. The van der Waals surface area contributed by atoms with Crippen LogP contribution in [0.2, 0.25) is 0 Å². The summed E-state index contributed by atoms with van der Waals surface area (Å²) in [5.74, 6) is -0.191. The zero-order valence-electron chi connectivity index (χ0n) is 14.0. The molecule has 0 spiro atoms. The van der Waals surface area contributed by atoms with Gasteiger partial charge in [-0.2, -0.15) is 0 Å². The molecule has 0 aromatic heterocycles. The van der Waals surface area contributed by atoms with Crippen molar-refractivity contribution in [2.24, 2.45) is 0 Å². The molecule has 1 atom stereocenters. The van der Waals surface area contributed by atoms with Gasteiger partial charge in [0, 0.05) is 18.1 Å². The van der Waals surface area contributed by atoms with Crippen LogP contribution in [0.15, 0.2) is 0 Å².